The van der Waals surface area contributed by atoms with Crippen molar-refractivity contribution in [2.45, 2.75) is 103 Å². The van der Waals surface area contributed by atoms with Gasteiger partial charge in [-0.1, -0.05) is 99.7 Å². The van der Waals surface area contributed by atoms with E-state index in [0.29, 0.717) is 0 Å². The van der Waals surface area contributed by atoms with Crippen molar-refractivity contribution in [2.24, 2.45) is 0 Å². The van der Waals surface area contributed by atoms with E-state index in [2.05, 4.69) is 100 Å². The molecule has 0 aliphatic carbocycles. The number of hydrogen-bond acceptors (Lipinski definition) is 1. The van der Waals surface area contributed by atoms with E-state index in [1.807, 2.05) is 0 Å². The lowest BCUT2D eigenvalue weighted by Gasteiger charge is -2.62. The van der Waals surface area contributed by atoms with Gasteiger partial charge in [0, 0.05) is 0 Å². The van der Waals surface area contributed by atoms with Crippen LogP contribution in [0.4, 0.5) is 0 Å². The summed E-state index contributed by atoms with van der Waals surface area (Å²) in [5.74, 6) is 0. The van der Waals surface area contributed by atoms with Crippen LogP contribution < -0.4 is 4.65 Å². The first-order valence-corrected chi connectivity index (χ1v) is 14.1. The summed E-state index contributed by atoms with van der Waals surface area (Å²) in [6.07, 6.45) is 0. The highest BCUT2D eigenvalue weighted by Crippen LogP contribution is 2.60. The molecule has 0 saturated carbocycles. The second-order valence-corrected chi connectivity index (χ2v) is 22.2. The SMILES string of the molecule is C=C(C)C(=C)C[Si](C)(C)N[Si](C(C)(C)C)(C(C)(C)C)C(C)(C)C. The van der Waals surface area contributed by atoms with Crippen molar-refractivity contribution >= 4 is 16.5 Å². The lowest BCUT2D eigenvalue weighted by Crippen LogP contribution is -2.74. The summed E-state index contributed by atoms with van der Waals surface area (Å²) in [6.45, 7) is 37.4. The van der Waals surface area contributed by atoms with Crippen LogP contribution in [0, 0.1) is 0 Å². The Balaban J connectivity index is 6.11. The van der Waals surface area contributed by atoms with Gasteiger partial charge in [-0.15, -0.1) is 0 Å². The van der Waals surface area contributed by atoms with Crippen LogP contribution in [0.3, 0.4) is 0 Å². The fraction of sp³-hybridized carbons (Fsp3) is 0.800. The Kier molecular flexibility index (Phi) is 6.61. The molecular weight excluding hydrogens is 310 g/mol. The van der Waals surface area contributed by atoms with Gasteiger partial charge in [-0.25, -0.2) is 0 Å². The molecule has 0 aromatic rings. The molecule has 3 heteroatoms. The van der Waals surface area contributed by atoms with Crippen molar-refractivity contribution in [1.82, 2.24) is 4.65 Å². The zero-order valence-corrected chi connectivity index (χ0v) is 20.1. The highest BCUT2D eigenvalue weighted by atomic mass is 28.4. The zero-order chi connectivity index (χ0) is 19.1. The first kappa shape index (κ1) is 22.9. The van der Waals surface area contributed by atoms with Gasteiger partial charge in [0.15, 0.2) is 0 Å². The third-order valence-electron chi connectivity index (χ3n) is 5.16. The fourth-order valence-electron chi connectivity index (χ4n) is 5.17. The van der Waals surface area contributed by atoms with Crippen LogP contribution in [0.2, 0.25) is 34.3 Å². The van der Waals surface area contributed by atoms with E-state index in [0.717, 1.165) is 11.6 Å². The predicted octanol–water partition coefficient (Wildman–Crippen LogP) is 7.26. The Hall–Kier alpha value is -0.126. The maximum Gasteiger partial charge on any atom is 0.135 e. The summed E-state index contributed by atoms with van der Waals surface area (Å²) in [5, 5.41) is 0.828. The molecule has 0 heterocycles. The molecule has 0 fully saturated rings. The first-order valence-electron chi connectivity index (χ1n) is 8.91. The molecule has 0 spiro atoms. The lowest BCUT2D eigenvalue weighted by molar-refractivity contribution is 0.519. The summed E-state index contributed by atoms with van der Waals surface area (Å²) in [4.78, 5) is 0. The Morgan fingerprint density at radius 2 is 1.09 bits per heavy atom. The molecule has 0 rings (SSSR count). The van der Waals surface area contributed by atoms with E-state index in [-0.39, 0.29) is 15.1 Å². The minimum absolute atomic E-state index is 0.276. The fourth-order valence-corrected chi connectivity index (χ4v) is 22.2. The van der Waals surface area contributed by atoms with Crippen molar-refractivity contribution in [3.05, 3.63) is 24.3 Å². The van der Waals surface area contributed by atoms with Gasteiger partial charge in [0.2, 0.25) is 0 Å². The molecule has 0 aromatic heterocycles. The molecule has 0 radical (unpaired) electrons. The molecule has 0 aliphatic heterocycles. The summed E-state index contributed by atoms with van der Waals surface area (Å²) in [7, 11) is -3.54. The number of hydrogen-bond donors (Lipinski definition) is 1. The Bertz CT molecular complexity index is 417. The van der Waals surface area contributed by atoms with Crippen molar-refractivity contribution < 1.29 is 0 Å². The third kappa shape index (κ3) is 4.93. The first-order chi connectivity index (χ1) is 9.78. The van der Waals surface area contributed by atoms with Crippen molar-refractivity contribution in [3.8, 4) is 0 Å². The second-order valence-electron chi connectivity index (χ2n) is 11.1. The van der Waals surface area contributed by atoms with Gasteiger partial charge in [-0.05, 0) is 28.1 Å². The van der Waals surface area contributed by atoms with Gasteiger partial charge in [0.25, 0.3) is 0 Å². The Morgan fingerprint density at radius 1 is 0.783 bits per heavy atom. The zero-order valence-electron chi connectivity index (χ0n) is 18.1. The molecule has 0 aromatic carbocycles. The van der Waals surface area contributed by atoms with Gasteiger partial charge < -0.3 is 4.65 Å². The molecule has 0 bridgehead atoms. The maximum atomic E-state index is 4.39. The average molecular weight is 354 g/mol. The third-order valence-corrected chi connectivity index (χ3v) is 17.4. The summed E-state index contributed by atoms with van der Waals surface area (Å²) in [5.41, 5.74) is 2.34. The summed E-state index contributed by atoms with van der Waals surface area (Å²) in [6, 6.07) is 1.08. The van der Waals surface area contributed by atoms with Gasteiger partial charge in [0.05, 0.1) is 0 Å². The summed E-state index contributed by atoms with van der Waals surface area (Å²) < 4.78 is 4.39. The van der Waals surface area contributed by atoms with Gasteiger partial charge in [-0.2, -0.15) is 0 Å². The Labute approximate surface area is 149 Å². The van der Waals surface area contributed by atoms with E-state index >= 15 is 0 Å². The summed E-state index contributed by atoms with van der Waals surface area (Å²) >= 11 is 0. The standard InChI is InChI=1S/C20H43NSi2/c1-16(2)17(3)15-22(13,14)21-23(18(4,5)6,19(7,8)9)20(10,11)12/h21H,1,3,15H2,2,4-14H3. The highest BCUT2D eigenvalue weighted by molar-refractivity contribution is 6.96. The molecule has 23 heavy (non-hydrogen) atoms. The second kappa shape index (κ2) is 6.64. The van der Waals surface area contributed by atoms with Crippen molar-refractivity contribution in [2.75, 3.05) is 0 Å². The van der Waals surface area contributed by atoms with E-state index in [1.54, 1.807) is 0 Å². The lowest BCUT2D eigenvalue weighted by atomic mass is 10.2. The van der Waals surface area contributed by atoms with Crippen LogP contribution in [0.1, 0.15) is 69.2 Å². The van der Waals surface area contributed by atoms with Gasteiger partial charge >= 0.3 is 0 Å². The molecule has 0 aliphatic rings. The van der Waals surface area contributed by atoms with E-state index in [4.69, 9.17) is 0 Å². The van der Waals surface area contributed by atoms with E-state index < -0.39 is 16.5 Å². The van der Waals surface area contributed by atoms with Crippen LogP contribution in [0.25, 0.3) is 0 Å². The van der Waals surface area contributed by atoms with E-state index in [1.165, 1.54) is 5.57 Å². The van der Waals surface area contributed by atoms with Crippen LogP contribution >= 0.6 is 0 Å². The molecule has 0 atom stereocenters. The van der Waals surface area contributed by atoms with Crippen LogP contribution in [0.5, 0.6) is 0 Å². The highest BCUT2D eigenvalue weighted by Gasteiger charge is 2.61. The van der Waals surface area contributed by atoms with Crippen LogP contribution in [-0.2, 0) is 0 Å². The molecular formula is C20H43NSi2. The van der Waals surface area contributed by atoms with Gasteiger partial charge in [-0.3, -0.25) is 0 Å². The van der Waals surface area contributed by atoms with Crippen molar-refractivity contribution in [3.63, 3.8) is 0 Å². The molecule has 136 valence electrons. The van der Waals surface area contributed by atoms with Gasteiger partial charge in [0.1, 0.15) is 16.5 Å². The van der Waals surface area contributed by atoms with Crippen LogP contribution in [0.15, 0.2) is 24.3 Å². The normalized spacial score (nSPS) is 14.8. The molecule has 1 N–H and O–H groups in total. The Morgan fingerprint density at radius 3 is 1.30 bits per heavy atom. The molecule has 0 saturated heterocycles. The monoisotopic (exact) mass is 353 g/mol. The minimum atomic E-state index is -1.90. The predicted molar refractivity (Wildman–Crippen MR) is 114 cm³/mol. The molecule has 0 unspecified atom stereocenters. The van der Waals surface area contributed by atoms with Crippen LogP contribution in [-0.4, -0.2) is 16.5 Å². The number of nitrogens with one attached hydrogen (secondary N) is 1. The quantitative estimate of drug-likeness (QED) is 0.405. The largest absolute Gasteiger partial charge is 0.358 e. The van der Waals surface area contributed by atoms with Crippen molar-refractivity contribution in [1.29, 1.82) is 0 Å². The number of rotatable bonds is 5. The number of allylic oxidation sites excluding steroid dienone is 2. The smallest absolute Gasteiger partial charge is 0.135 e. The van der Waals surface area contributed by atoms with E-state index in [9.17, 15) is 0 Å². The maximum absolute atomic E-state index is 4.39. The molecule has 1 nitrogen and oxygen atoms in total. The molecule has 0 amide bonds. The topological polar surface area (TPSA) is 12.0 Å². The average Bonchev–Trinajstić information content (AvgIpc) is 2.19. The minimum Gasteiger partial charge on any atom is -0.358 e.